The van der Waals surface area contributed by atoms with Gasteiger partial charge in [0.1, 0.15) is 12.7 Å². The van der Waals surface area contributed by atoms with Gasteiger partial charge in [0.15, 0.2) is 6.04 Å². The Balaban J connectivity index is 3.59. The zero-order valence-corrected chi connectivity index (χ0v) is 30.2. The Hall–Kier alpha value is -1.78. The van der Waals surface area contributed by atoms with Gasteiger partial charge in [-0.15, -0.1) is 0 Å². The van der Waals surface area contributed by atoms with E-state index < -0.39 is 57.6 Å². The van der Waals surface area contributed by atoms with Gasteiger partial charge in [0.05, 0.1) is 13.2 Å². The molecule has 3 atom stereocenters. The lowest BCUT2D eigenvalue weighted by atomic mass is 10.0. The molecule has 0 aromatic carbocycles. The second kappa shape index (κ2) is 31.5. The van der Waals surface area contributed by atoms with Crippen LogP contribution in [0.25, 0.3) is 0 Å². The number of carbonyl (C=O) groups excluding carboxylic acids is 2. The molecular weight excluding hydrogens is 625 g/mol. The standard InChI is InChI=1S/C35H66NO10P/c1-3-5-6-7-8-9-10-11-12-13-14-15-16-17-18-19-20-21-22-23-24-25-26-27-34(39)44-28-31(37)29-45-47(42,43)46-30-32(35(40)41)36-33(38)4-2/h11-12,31-32,37H,3-10,13-30H2,1-2H3,(H,36,38)(H,40,41)(H,42,43)/b12-11+. The Morgan fingerprint density at radius 2 is 1.13 bits per heavy atom. The molecule has 0 aliphatic heterocycles. The Labute approximate surface area is 284 Å². The first-order valence-electron chi connectivity index (χ1n) is 18.2. The molecule has 0 aliphatic carbocycles. The van der Waals surface area contributed by atoms with Crippen LogP contribution < -0.4 is 5.32 Å². The molecule has 3 unspecified atom stereocenters. The summed E-state index contributed by atoms with van der Waals surface area (Å²) in [6.07, 6.45) is 29.9. The number of aliphatic hydroxyl groups is 1. The van der Waals surface area contributed by atoms with Crippen molar-refractivity contribution >= 4 is 25.7 Å². The summed E-state index contributed by atoms with van der Waals surface area (Å²) < 4.78 is 26.2. The number of phosphoric acid groups is 1. The number of unbranched alkanes of at least 4 members (excludes halogenated alkanes) is 19. The van der Waals surface area contributed by atoms with E-state index in [2.05, 4.69) is 33.4 Å². The fraction of sp³-hybridized carbons (Fsp3) is 0.857. The summed E-state index contributed by atoms with van der Waals surface area (Å²) in [5.74, 6) is -2.48. The number of carboxylic acids is 1. The normalized spacial score (nSPS) is 14.1. The number of ether oxygens (including phenoxy) is 1. The van der Waals surface area contributed by atoms with E-state index in [4.69, 9.17) is 9.84 Å². The van der Waals surface area contributed by atoms with E-state index >= 15 is 0 Å². The molecule has 0 spiro atoms. The first-order chi connectivity index (χ1) is 22.6. The van der Waals surface area contributed by atoms with Crippen molar-refractivity contribution in [3.05, 3.63) is 12.2 Å². The van der Waals surface area contributed by atoms with Crippen molar-refractivity contribution in [2.45, 2.75) is 174 Å². The molecule has 0 radical (unpaired) electrons. The minimum absolute atomic E-state index is 0.0282. The van der Waals surface area contributed by atoms with Gasteiger partial charge in [-0.25, -0.2) is 9.36 Å². The zero-order valence-electron chi connectivity index (χ0n) is 29.3. The lowest BCUT2D eigenvalue weighted by Crippen LogP contribution is -2.43. The van der Waals surface area contributed by atoms with Crippen LogP contribution in [0.3, 0.4) is 0 Å². The Morgan fingerprint density at radius 1 is 0.681 bits per heavy atom. The van der Waals surface area contributed by atoms with Crippen LogP contribution in [-0.4, -0.2) is 64.9 Å². The van der Waals surface area contributed by atoms with Crippen molar-refractivity contribution in [3.8, 4) is 0 Å². The minimum Gasteiger partial charge on any atom is -0.480 e. The van der Waals surface area contributed by atoms with E-state index in [9.17, 15) is 28.9 Å². The van der Waals surface area contributed by atoms with E-state index in [-0.39, 0.29) is 12.8 Å². The molecule has 0 bridgehead atoms. The Bertz CT molecular complexity index is 869. The number of phosphoric ester groups is 1. The van der Waals surface area contributed by atoms with Crippen LogP contribution in [0.2, 0.25) is 0 Å². The SMILES string of the molecule is CCCCCCCC/C=C/CCCCCCCCCCCCCCCC(=O)OCC(O)COP(=O)(O)OCC(NC(=O)CC)C(=O)O. The van der Waals surface area contributed by atoms with Crippen LogP contribution in [-0.2, 0) is 32.7 Å². The van der Waals surface area contributed by atoms with E-state index in [1.807, 2.05) is 0 Å². The van der Waals surface area contributed by atoms with Gasteiger partial charge in [0.25, 0.3) is 0 Å². The van der Waals surface area contributed by atoms with Gasteiger partial charge in [-0.1, -0.05) is 129 Å². The molecule has 12 heteroatoms. The maximum absolute atomic E-state index is 11.9. The molecule has 0 saturated heterocycles. The van der Waals surface area contributed by atoms with Crippen LogP contribution in [0.4, 0.5) is 0 Å². The molecule has 47 heavy (non-hydrogen) atoms. The van der Waals surface area contributed by atoms with Crippen LogP contribution in [0.15, 0.2) is 12.2 Å². The molecule has 0 fully saturated rings. The van der Waals surface area contributed by atoms with Crippen LogP contribution >= 0.6 is 7.82 Å². The van der Waals surface area contributed by atoms with E-state index in [0.717, 1.165) is 19.3 Å². The second-order valence-corrected chi connectivity index (χ2v) is 13.8. The third-order valence-corrected chi connectivity index (χ3v) is 8.82. The number of hydrogen-bond acceptors (Lipinski definition) is 8. The summed E-state index contributed by atoms with van der Waals surface area (Å²) >= 11 is 0. The predicted molar refractivity (Wildman–Crippen MR) is 185 cm³/mol. The highest BCUT2D eigenvalue weighted by Gasteiger charge is 2.28. The molecule has 0 aromatic heterocycles. The number of aliphatic carboxylic acids is 1. The van der Waals surface area contributed by atoms with E-state index in [1.54, 1.807) is 0 Å². The average molecular weight is 692 g/mol. The number of rotatable bonds is 34. The van der Waals surface area contributed by atoms with Crippen molar-refractivity contribution < 1.29 is 47.8 Å². The quantitative estimate of drug-likeness (QED) is 0.0224. The fourth-order valence-electron chi connectivity index (χ4n) is 4.92. The third kappa shape index (κ3) is 31.3. The van der Waals surface area contributed by atoms with Crippen molar-refractivity contribution in [2.75, 3.05) is 19.8 Å². The average Bonchev–Trinajstić information content (AvgIpc) is 3.04. The largest absolute Gasteiger partial charge is 0.480 e. The number of aliphatic hydroxyl groups excluding tert-OH is 1. The lowest BCUT2D eigenvalue weighted by Gasteiger charge is -2.18. The summed E-state index contributed by atoms with van der Waals surface area (Å²) in [6.45, 7) is 1.89. The van der Waals surface area contributed by atoms with Gasteiger partial charge in [0.2, 0.25) is 5.91 Å². The molecule has 0 rings (SSSR count). The van der Waals surface area contributed by atoms with Gasteiger partial charge >= 0.3 is 19.8 Å². The first kappa shape index (κ1) is 45.2. The number of hydrogen-bond donors (Lipinski definition) is 4. The predicted octanol–water partition coefficient (Wildman–Crippen LogP) is 8.16. The summed E-state index contributed by atoms with van der Waals surface area (Å²) in [6, 6.07) is -1.54. The number of esters is 1. The summed E-state index contributed by atoms with van der Waals surface area (Å²) in [4.78, 5) is 44.1. The molecule has 1 amide bonds. The zero-order chi connectivity index (χ0) is 35.0. The van der Waals surface area contributed by atoms with Gasteiger partial charge < -0.3 is 25.2 Å². The molecule has 4 N–H and O–H groups in total. The van der Waals surface area contributed by atoms with Gasteiger partial charge in [0, 0.05) is 12.8 Å². The summed E-state index contributed by atoms with van der Waals surface area (Å²) in [5, 5.41) is 21.1. The molecule has 0 heterocycles. The lowest BCUT2D eigenvalue weighted by molar-refractivity contribution is -0.147. The van der Waals surface area contributed by atoms with Crippen molar-refractivity contribution in [1.29, 1.82) is 0 Å². The number of nitrogens with one attached hydrogen (secondary N) is 1. The maximum atomic E-state index is 11.9. The van der Waals surface area contributed by atoms with Gasteiger partial charge in [-0.05, 0) is 32.1 Å². The van der Waals surface area contributed by atoms with Crippen LogP contribution in [0.5, 0.6) is 0 Å². The van der Waals surface area contributed by atoms with Gasteiger partial charge in [-0.3, -0.25) is 18.6 Å². The molecular formula is C35H66NO10P. The van der Waals surface area contributed by atoms with Crippen molar-refractivity contribution in [3.63, 3.8) is 0 Å². The molecule has 0 saturated carbocycles. The monoisotopic (exact) mass is 691 g/mol. The first-order valence-corrected chi connectivity index (χ1v) is 19.7. The summed E-state index contributed by atoms with van der Waals surface area (Å²) in [5.41, 5.74) is 0. The van der Waals surface area contributed by atoms with Crippen molar-refractivity contribution in [2.24, 2.45) is 0 Å². The smallest absolute Gasteiger partial charge is 0.472 e. The highest BCUT2D eigenvalue weighted by atomic mass is 31.2. The summed E-state index contributed by atoms with van der Waals surface area (Å²) in [7, 11) is -4.71. The maximum Gasteiger partial charge on any atom is 0.472 e. The number of carboxylic acid groups (broad SMARTS) is 1. The van der Waals surface area contributed by atoms with Crippen LogP contribution in [0, 0.1) is 0 Å². The molecule has 11 nitrogen and oxygen atoms in total. The highest BCUT2D eigenvalue weighted by Crippen LogP contribution is 2.43. The third-order valence-electron chi connectivity index (χ3n) is 7.87. The Kier molecular flexibility index (Phi) is 30.3. The number of carbonyl (C=O) groups is 3. The Morgan fingerprint density at radius 3 is 1.60 bits per heavy atom. The van der Waals surface area contributed by atoms with E-state index in [0.29, 0.717) is 6.42 Å². The second-order valence-electron chi connectivity index (χ2n) is 12.4. The fourth-order valence-corrected chi connectivity index (χ4v) is 5.69. The molecule has 0 aliphatic rings. The molecule has 0 aromatic rings. The van der Waals surface area contributed by atoms with Gasteiger partial charge in [-0.2, -0.15) is 0 Å². The number of amides is 1. The highest BCUT2D eigenvalue weighted by molar-refractivity contribution is 7.47. The minimum atomic E-state index is -4.71. The van der Waals surface area contributed by atoms with Crippen molar-refractivity contribution in [1.82, 2.24) is 5.32 Å². The van der Waals surface area contributed by atoms with E-state index in [1.165, 1.54) is 116 Å². The topological polar surface area (TPSA) is 169 Å². The number of allylic oxidation sites excluding steroid dienone is 2. The molecule has 276 valence electrons. The van der Waals surface area contributed by atoms with Crippen LogP contribution in [0.1, 0.15) is 162 Å².